The number of carbonyl (C=O) groups is 12. The Bertz CT molecular complexity index is 3190. The summed E-state index contributed by atoms with van der Waals surface area (Å²) in [6, 6.07) is -7.66. The van der Waals surface area contributed by atoms with Crippen molar-refractivity contribution in [1.82, 2.24) is 65.4 Å². The van der Waals surface area contributed by atoms with Gasteiger partial charge in [0.2, 0.25) is 70.9 Å². The highest BCUT2D eigenvalue weighted by molar-refractivity contribution is 6.00. The van der Waals surface area contributed by atoms with Gasteiger partial charge in [0.05, 0.1) is 25.1 Å². The normalized spacial score (nSPS) is 27.1. The predicted molar refractivity (Wildman–Crippen MR) is 372 cm³/mol. The summed E-state index contributed by atoms with van der Waals surface area (Å²) in [6.07, 6.45) is 3.15. The molecule has 0 aromatic heterocycles. The van der Waals surface area contributed by atoms with E-state index >= 15 is 23.6 Å². The fraction of sp³-hybridized carbons (Fsp3) is 0.753. The lowest BCUT2D eigenvalue weighted by Gasteiger charge is -2.45. The van der Waals surface area contributed by atoms with Crippen LogP contribution >= 0.6 is 0 Å². The van der Waals surface area contributed by atoms with E-state index in [1.54, 1.807) is 6.92 Å². The molecule has 3 aliphatic heterocycles. The zero-order chi connectivity index (χ0) is 75.4. The number of carbonyl (C=O) groups excluding carboxylic acids is 12. The van der Waals surface area contributed by atoms with E-state index in [9.17, 15) is 51.5 Å². The van der Waals surface area contributed by atoms with Crippen LogP contribution in [0.4, 0.5) is 17.6 Å². The second-order valence-corrected chi connectivity index (χ2v) is 30.6. The second-order valence-electron chi connectivity index (χ2n) is 30.6. The van der Waals surface area contributed by atoms with Crippen molar-refractivity contribution >= 4 is 70.9 Å². The third-order valence-electron chi connectivity index (χ3n) is 22.7. The number of aryl methyl sites for hydroxylation is 1. The highest BCUT2D eigenvalue weighted by atomic mass is 19.4. The minimum Gasteiger partial charge on any atom is -0.347 e. The summed E-state index contributed by atoms with van der Waals surface area (Å²) >= 11 is 0. The van der Waals surface area contributed by atoms with Crippen LogP contribution in [0.2, 0.25) is 0 Å². The van der Waals surface area contributed by atoms with Gasteiger partial charge in [-0.1, -0.05) is 98.0 Å². The number of nitrogens with one attached hydrogen (secondary N) is 4. The van der Waals surface area contributed by atoms with E-state index in [2.05, 4.69) is 21.3 Å². The van der Waals surface area contributed by atoms with Crippen LogP contribution in [0.3, 0.4) is 0 Å². The van der Waals surface area contributed by atoms with Crippen LogP contribution in [0.1, 0.15) is 174 Å². The number of benzene rings is 1. The van der Waals surface area contributed by atoms with Crippen molar-refractivity contribution < 1.29 is 75.1 Å². The third-order valence-corrected chi connectivity index (χ3v) is 22.7. The molecule has 9 atom stereocenters. The SMILES string of the molecule is CC[C@H](C)[C@@H]1NC(=O)[C@H](CC(C)C)N(C)C(=O)C[C@@H](C(=O)N(C)C)N(C)C(=O)[C@H](C2CCCC2)N(C)C(=O)C2(CCCC2)NC(=O)CN(CCC2CNC2)C(=O)[C@H](CCc2ccc(C(F)(F)F)c(F)c2)NC(=O)CN(C)C(=O)[C@H](CC2CCCCC2)N(C)C(=O)[C@@H]2CCN2C(=O)[C@H](C)N(C)C1=O. The molecule has 3 aliphatic carbocycles. The molecule has 102 heavy (non-hydrogen) atoms. The van der Waals surface area contributed by atoms with E-state index in [0.717, 1.165) is 55.9 Å². The van der Waals surface area contributed by atoms with Crippen molar-refractivity contribution in [2.45, 2.75) is 230 Å². The van der Waals surface area contributed by atoms with E-state index in [4.69, 9.17) is 0 Å². The Labute approximate surface area is 598 Å². The Morgan fingerprint density at radius 2 is 1.31 bits per heavy atom. The first kappa shape index (κ1) is 81.8. The van der Waals surface area contributed by atoms with Crippen LogP contribution in [0.5, 0.6) is 0 Å². The molecular weight excluding hydrogens is 1330 g/mol. The average Bonchev–Trinajstić information content (AvgIpc) is 1.18. The molecule has 7 rings (SSSR count). The van der Waals surface area contributed by atoms with E-state index in [-0.39, 0.29) is 81.4 Å². The van der Waals surface area contributed by atoms with E-state index < -0.39 is 174 Å². The molecule has 0 bridgehead atoms. The molecule has 6 fully saturated rings. The van der Waals surface area contributed by atoms with Crippen LogP contribution in [0.15, 0.2) is 18.2 Å². The van der Waals surface area contributed by atoms with Gasteiger partial charge in [0, 0.05) is 69.5 Å². The number of nitrogens with zero attached hydrogens (tertiary/aromatic N) is 9. The number of halogens is 4. The third kappa shape index (κ3) is 19.9. The van der Waals surface area contributed by atoms with Gasteiger partial charge in [-0.2, -0.15) is 13.2 Å². The predicted octanol–water partition coefficient (Wildman–Crippen LogP) is 4.57. The molecule has 3 heterocycles. The van der Waals surface area contributed by atoms with Gasteiger partial charge in [-0.25, -0.2) is 4.39 Å². The van der Waals surface area contributed by atoms with Crippen LogP contribution in [-0.2, 0) is 70.1 Å². The summed E-state index contributed by atoms with van der Waals surface area (Å²) in [6.45, 7) is 8.79. The lowest BCUT2D eigenvalue weighted by atomic mass is 9.84. The summed E-state index contributed by atoms with van der Waals surface area (Å²) in [7, 11) is 11.5. The zero-order valence-electron chi connectivity index (χ0n) is 62.3. The standard InChI is InChI=1S/C73H113F4N13O12/c1-14-45(4)61-69(100)84(9)46(5)64(95)90-35-31-54(90)68(99)86(11)56(38-47-22-16-15-17-23-47)67(98)83(8)42-58(91)79-53(29-27-48-26-28-51(52(74)37-48)73(75,76)77)65(96)89(34-30-49-40-78-41-49)43-59(92)81-72(32-20-21-33-72)71(102)88(13)62(50-24-18-19-25-50)70(101)87(12)57(66(97)82(6)7)39-60(93)85(10)55(36-44(2)3)63(94)80-61/h26,28,37,44-47,49-50,53-57,61-62,78H,14-25,27,29-36,38-43H2,1-13H3,(H,79,91)(H,80,94)(H,81,92)/t45-,46-,53-,54-,55-,56-,57-,61-,62-/m0/s1. The van der Waals surface area contributed by atoms with Gasteiger partial charge in [0.25, 0.3) is 0 Å². The Morgan fingerprint density at radius 1 is 0.676 bits per heavy atom. The van der Waals surface area contributed by atoms with Gasteiger partial charge in [0.15, 0.2) is 0 Å². The lowest BCUT2D eigenvalue weighted by molar-refractivity contribution is -0.160. The molecule has 3 saturated heterocycles. The monoisotopic (exact) mass is 1440 g/mol. The first-order chi connectivity index (χ1) is 48.0. The summed E-state index contributed by atoms with van der Waals surface area (Å²) in [4.78, 5) is 191. The molecule has 1 spiro atoms. The molecule has 29 heteroatoms. The van der Waals surface area contributed by atoms with Crippen molar-refractivity contribution in [1.29, 1.82) is 0 Å². The van der Waals surface area contributed by atoms with E-state index in [0.29, 0.717) is 63.7 Å². The number of hydrogen-bond acceptors (Lipinski definition) is 13. The second kappa shape index (κ2) is 35.8. The Kier molecular flexibility index (Phi) is 28.7. The van der Waals surface area contributed by atoms with Crippen LogP contribution in [0.25, 0.3) is 0 Å². The first-order valence-electron chi connectivity index (χ1n) is 36.9. The topological polar surface area (TPSA) is 282 Å². The van der Waals surface area contributed by atoms with E-state index in [1.165, 1.54) is 103 Å². The number of fused-ring (bicyclic) bond motifs is 1. The molecule has 1 aromatic carbocycles. The number of amides is 12. The summed E-state index contributed by atoms with van der Waals surface area (Å²) < 4.78 is 56.5. The molecule has 0 unspecified atom stereocenters. The van der Waals surface area contributed by atoms with Crippen molar-refractivity contribution in [2.24, 2.45) is 29.6 Å². The van der Waals surface area contributed by atoms with Crippen LogP contribution in [-0.4, -0.2) is 265 Å². The molecule has 3 saturated carbocycles. The first-order valence-corrected chi connectivity index (χ1v) is 36.9. The Balaban J connectivity index is 1.30. The van der Waals surface area contributed by atoms with Crippen molar-refractivity contribution in [3.8, 4) is 0 Å². The summed E-state index contributed by atoms with van der Waals surface area (Å²) in [5, 5.41) is 11.8. The maximum Gasteiger partial charge on any atom is 0.419 e. The molecular formula is C73H113F4N13O12. The van der Waals surface area contributed by atoms with Gasteiger partial charge < -0.3 is 65.4 Å². The minimum atomic E-state index is -5.01. The van der Waals surface area contributed by atoms with Gasteiger partial charge in [0.1, 0.15) is 59.7 Å². The van der Waals surface area contributed by atoms with Gasteiger partial charge in [-0.05, 0) is 132 Å². The van der Waals surface area contributed by atoms with Crippen LogP contribution < -0.4 is 21.3 Å². The molecule has 25 nitrogen and oxygen atoms in total. The fourth-order valence-corrected chi connectivity index (χ4v) is 15.6. The summed E-state index contributed by atoms with van der Waals surface area (Å²) in [5.41, 5.74) is -3.06. The zero-order valence-corrected chi connectivity index (χ0v) is 62.3. The quantitative estimate of drug-likeness (QED) is 0.186. The van der Waals surface area contributed by atoms with Gasteiger partial charge >= 0.3 is 6.18 Å². The Hall–Kier alpha value is -7.46. The van der Waals surface area contributed by atoms with E-state index in [1.807, 2.05) is 20.8 Å². The largest absolute Gasteiger partial charge is 0.419 e. The summed E-state index contributed by atoms with van der Waals surface area (Å²) in [5.74, 6) is -10.7. The fourth-order valence-electron chi connectivity index (χ4n) is 15.6. The van der Waals surface area contributed by atoms with Crippen molar-refractivity contribution in [2.75, 3.05) is 95.6 Å². The molecule has 570 valence electrons. The molecule has 6 aliphatic rings. The van der Waals surface area contributed by atoms with Crippen LogP contribution in [0, 0.1) is 35.4 Å². The molecule has 12 amide bonds. The number of hydrogen-bond donors (Lipinski definition) is 4. The number of alkyl halides is 3. The van der Waals surface area contributed by atoms with Crippen molar-refractivity contribution in [3.05, 3.63) is 35.1 Å². The molecule has 0 radical (unpaired) electrons. The average molecular weight is 1440 g/mol. The smallest absolute Gasteiger partial charge is 0.347 e. The minimum absolute atomic E-state index is 0.00000703. The lowest BCUT2D eigenvalue weighted by Crippen LogP contribution is -2.65. The van der Waals surface area contributed by atoms with Crippen molar-refractivity contribution in [3.63, 3.8) is 0 Å². The molecule has 4 N–H and O–H groups in total. The highest BCUT2D eigenvalue weighted by Gasteiger charge is 2.51. The van der Waals surface area contributed by atoms with Gasteiger partial charge in [-0.3, -0.25) is 57.5 Å². The highest BCUT2D eigenvalue weighted by Crippen LogP contribution is 2.38. The maximum absolute atomic E-state index is 15.6. The molecule has 1 aromatic rings. The number of likely N-dealkylation sites (N-methyl/N-ethyl adjacent to an activating group) is 7. The van der Waals surface area contributed by atoms with Gasteiger partial charge in [-0.15, -0.1) is 0 Å². The maximum atomic E-state index is 15.6. The Morgan fingerprint density at radius 3 is 1.87 bits per heavy atom. The number of rotatable bonds is 14.